The average Bonchev–Trinajstić information content (AvgIpc) is 2.31. The van der Waals surface area contributed by atoms with Crippen molar-refractivity contribution in [3.8, 4) is 5.75 Å². The number of rotatable bonds is 4. The van der Waals surface area contributed by atoms with Crippen molar-refractivity contribution in [2.75, 3.05) is 6.54 Å². The molecule has 0 unspecified atom stereocenters. The SMILES string of the molecule is CCN=C/C(=N\N)c1ccc(C(C)C)cc1O. The van der Waals surface area contributed by atoms with Crippen LogP contribution in [0.2, 0.25) is 0 Å². The maximum Gasteiger partial charge on any atom is 0.125 e. The van der Waals surface area contributed by atoms with Crippen molar-refractivity contribution in [3.05, 3.63) is 29.3 Å². The largest absolute Gasteiger partial charge is 0.507 e. The maximum atomic E-state index is 9.94. The maximum absolute atomic E-state index is 9.94. The second-order valence-electron chi connectivity index (χ2n) is 4.07. The lowest BCUT2D eigenvalue weighted by Crippen LogP contribution is -2.07. The number of hydrazone groups is 1. The molecule has 17 heavy (non-hydrogen) atoms. The molecule has 4 heteroatoms. The van der Waals surface area contributed by atoms with Crippen molar-refractivity contribution < 1.29 is 5.11 Å². The van der Waals surface area contributed by atoms with Crippen LogP contribution in [0.4, 0.5) is 0 Å². The lowest BCUT2D eigenvalue weighted by molar-refractivity contribution is 0.473. The van der Waals surface area contributed by atoms with Crippen LogP contribution < -0.4 is 5.84 Å². The Morgan fingerprint density at radius 1 is 1.47 bits per heavy atom. The minimum atomic E-state index is 0.183. The Morgan fingerprint density at radius 3 is 2.65 bits per heavy atom. The van der Waals surface area contributed by atoms with Crippen LogP contribution in [-0.2, 0) is 0 Å². The Hall–Kier alpha value is -1.84. The highest BCUT2D eigenvalue weighted by Gasteiger charge is 2.09. The third-order valence-electron chi connectivity index (χ3n) is 2.50. The molecule has 0 amide bonds. The highest BCUT2D eigenvalue weighted by Crippen LogP contribution is 2.23. The van der Waals surface area contributed by atoms with Crippen molar-refractivity contribution in [2.24, 2.45) is 15.9 Å². The molecule has 0 aromatic heterocycles. The van der Waals surface area contributed by atoms with Gasteiger partial charge in [-0.15, -0.1) is 0 Å². The summed E-state index contributed by atoms with van der Waals surface area (Å²) in [5.74, 6) is 5.85. The Kier molecular flexibility index (Phi) is 4.69. The van der Waals surface area contributed by atoms with Crippen molar-refractivity contribution in [1.29, 1.82) is 0 Å². The minimum absolute atomic E-state index is 0.183. The van der Waals surface area contributed by atoms with Crippen LogP contribution in [0.25, 0.3) is 0 Å². The van der Waals surface area contributed by atoms with E-state index in [1.807, 2.05) is 19.1 Å². The molecule has 0 radical (unpaired) electrons. The van der Waals surface area contributed by atoms with E-state index < -0.39 is 0 Å². The summed E-state index contributed by atoms with van der Waals surface area (Å²) in [4.78, 5) is 4.07. The molecule has 92 valence electrons. The van der Waals surface area contributed by atoms with E-state index in [9.17, 15) is 5.11 Å². The molecular weight excluding hydrogens is 214 g/mol. The molecule has 4 nitrogen and oxygen atoms in total. The second kappa shape index (κ2) is 6.03. The molecule has 0 bridgehead atoms. The lowest BCUT2D eigenvalue weighted by atomic mass is 9.99. The summed E-state index contributed by atoms with van der Waals surface area (Å²) in [7, 11) is 0. The lowest BCUT2D eigenvalue weighted by Gasteiger charge is -2.09. The number of phenols is 1. The number of hydrogen-bond donors (Lipinski definition) is 2. The molecule has 0 aliphatic rings. The molecule has 1 rings (SSSR count). The summed E-state index contributed by atoms with van der Waals surface area (Å²) in [6, 6.07) is 5.52. The van der Waals surface area contributed by atoms with E-state index >= 15 is 0 Å². The Balaban J connectivity index is 3.10. The highest BCUT2D eigenvalue weighted by molar-refractivity contribution is 6.38. The first-order valence-corrected chi connectivity index (χ1v) is 5.71. The Labute approximate surface area is 102 Å². The van der Waals surface area contributed by atoms with Gasteiger partial charge in [0.2, 0.25) is 0 Å². The first kappa shape index (κ1) is 13.2. The van der Waals surface area contributed by atoms with Gasteiger partial charge in [0.15, 0.2) is 0 Å². The molecule has 0 fully saturated rings. The molecular formula is C13H19N3O. The van der Waals surface area contributed by atoms with Gasteiger partial charge in [0.1, 0.15) is 11.5 Å². The normalized spacial score (nSPS) is 12.6. The summed E-state index contributed by atoms with van der Waals surface area (Å²) in [6.45, 7) is 6.73. The molecule has 0 aliphatic heterocycles. The summed E-state index contributed by atoms with van der Waals surface area (Å²) < 4.78 is 0. The van der Waals surface area contributed by atoms with E-state index in [1.54, 1.807) is 12.3 Å². The van der Waals surface area contributed by atoms with Crippen LogP contribution in [0.3, 0.4) is 0 Å². The average molecular weight is 233 g/mol. The van der Waals surface area contributed by atoms with Gasteiger partial charge in [-0.1, -0.05) is 19.9 Å². The smallest absolute Gasteiger partial charge is 0.125 e. The fraction of sp³-hybridized carbons (Fsp3) is 0.385. The predicted octanol–water partition coefficient (Wildman–Crippen LogP) is 2.27. The number of aliphatic imine (C=N–C) groups is 1. The van der Waals surface area contributed by atoms with Crippen LogP contribution in [0, 0.1) is 0 Å². The van der Waals surface area contributed by atoms with Gasteiger partial charge in [-0.2, -0.15) is 5.10 Å². The van der Waals surface area contributed by atoms with Crippen molar-refractivity contribution >= 4 is 11.9 Å². The predicted molar refractivity (Wildman–Crippen MR) is 72.0 cm³/mol. The zero-order valence-electron chi connectivity index (χ0n) is 10.5. The summed E-state index contributed by atoms with van der Waals surface area (Å²) in [6.07, 6.45) is 1.57. The fourth-order valence-electron chi connectivity index (χ4n) is 1.47. The van der Waals surface area contributed by atoms with Crippen molar-refractivity contribution in [1.82, 2.24) is 0 Å². The van der Waals surface area contributed by atoms with E-state index in [1.165, 1.54) is 0 Å². The highest BCUT2D eigenvalue weighted by atomic mass is 16.3. The third kappa shape index (κ3) is 3.31. The Morgan fingerprint density at radius 2 is 2.18 bits per heavy atom. The van der Waals surface area contributed by atoms with E-state index in [0.717, 1.165) is 5.56 Å². The number of hydrogen-bond acceptors (Lipinski definition) is 4. The van der Waals surface area contributed by atoms with Crippen LogP contribution in [0.15, 0.2) is 28.3 Å². The Bertz CT molecular complexity index is 436. The zero-order chi connectivity index (χ0) is 12.8. The van der Waals surface area contributed by atoms with Crippen LogP contribution in [0.5, 0.6) is 5.75 Å². The van der Waals surface area contributed by atoms with E-state index in [4.69, 9.17) is 5.84 Å². The van der Waals surface area contributed by atoms with E-state index in [-0.39, 0.29) is 5.75 Å². The number of phenolic OH excluding ortho intramolecular Hbond substituents is 1. The van der Waals surface area contributed by atoms with Gasteiger partial charge in [0.25, 0.3) is 0 Å². The molecule has 0 heterocycles. The monoisotopic (exact) mass is 233 g/mol. The molecule has 3 N–H and O–H groups in total. The second-order valence-corrected chi connectivity index (χ2v) is 4.07. The van der Waals surface area contributed by atoms with Gasteiger partial charge in [-0.3, -0.25) is 4.99 Å². The standard InChI is InChI=1S/C13H19N3O/c1-4-15-8-12(16-14)11-6-5-10(9(2)3)7-13(11)17/h5-9,17H,4,14H2,1-3H3/b15-8?,16-12+. The molecule has 0 atom stereocenters. The number of benzene rings is 1. The van der Waals surface area contributed by atoms with Gasteiger partial charge >= 0.3 is 0 Å². The number of nitrogens with zero attached hydrogens (tertiary/aromatic N) is 2. The third-order valence-corrected chi connectivity index (χ3v) is 2.50. The summed E-state index contributed by atoms with van der Waals surface area (Å²) in [5, 5.41) is 13.6. The zero-order valence-corrected chi connectivity index (χ0v) is 10.5. The number of aromatic hydroxyl groups is 1. The fourth-order valence-corrected chi connectivity index (χ4v) is 1.47. The minimum Gasteiger partial charge on any atom is -0.507 e. The van der Waals surface area contributed by atoms with E-state index in [2.05, 4.69) is 23.9 Å². The first-order valence-electron chi connectivity index (χ1n) is 5.71. The summed E-state index contributed by atoms with van der Waals surface area (Å²) >= 11 is 0. The van der Waals surface area contributed by atoms with Crippen LogP contribution in [-0.4, -0.2) is 23.6 Å². The van der Waals surface area contributed by atoms with Gasteiger partial charge < -0.3 is 10.9 Å². The van der Waals surface area contributed by atoms with Gasteiger partial charge in [0.05, 0.1) is 0 Å². The van der Waals surface area contributed by atoms with Crippen molar-refractivity contribution in [2.45, 2.75) is 26.7 Å². The van der Waals surface area contributed by atoms with Crippen LogP contribution in [0.1, 0.15) is 37.8 Å². The van der Waals surface area contributed by atoms with Crippen molar-refractivity contribution in [3.63, 3.8) is 0 Å². The molecule has 1 aromatic carbocycles. The molecule has 0 saturated heterocycles. The first-order chi connectivity index (χ1) is 8.10. The molecule has 1 aromatic rings. The van der Waals surface area contributed by atoms with Gasteiger partial charge in [-0.05, 0) is 30.5 Å². The van der Waals surface area contributed by atoms with Gasteiger partial charge in [0, 0.05) is 18.3 Å². The quantitative estimate of drug-likeness (QED) is 0.475. The molecule has 0 spiro atoms. The topological polar surface area (TPSA) is 71.0 Å². The van der Waals surface area contributed by atoms with E-state index in [0.29, 0.717) is 23.7 Å². The summed E-state index contributed by atoms with van der Waals surface area (Å²) in [5.41, 5.74) is 2.17. The molecule has 0 saturated carbocycles. The van der Waals surface area contributed by atoms with Crippen LogP contribution >= 0.6 is 0 Å². The van der Waals surface area contributed by atoms with Gasteiger partial charge in [-0.25, -0.2) is 0 Å². The number of nitrogens with two attached hydrogens (primary N) is 1. The molecule has 0 aliphatic carbocycles.